The first-order valence-corrected chi connectivity index (χ1v) is 7.56. The minimum Gasteiger partial charge on any atom is -0.469 e. The van der Waals surface area contributed by atoms with Gasteiger partial charge in [-0.1, -0.05) is 30.3 Å². The highest BCUT2D eigenvalue weighted by atomic mass is 16.3. The predicted octanol–water partition coefficient (Wildman–Crippen LogP) is 2.73. The summed E-state index contributed by atoms with van der Waals surface area (Å²) in [6.45, 7) is 2.73. The van der Waals surface area contributed by atoms with E-state index in [1.165, 1.54) is 11.1 Å². The van der Waals surface area contributed by atoms with E-state index < -0.39 is 0 Å². The maximum Gasteiger partial charge on any atom is 0.194 e. The summed E-state index contributed by atoms with van der Waals surface area (Å²) < 4.78 is 5.55. The molecule has 4 nitrogen and oxygen atoms in total. The van der Waals surface area contributed by atoms with E-state index in [1.54, 1.807) is 6.26 Å². The van der Waals surface area contributed by atoms with Crippen molar-refractivity contribution in [3.05, 3.63) is 59.5 Å². The fourth-order valence-corrected chi connectivity index (χ4v) is 3.11. The van der Waals surface area contributed by atoms with Crippen molar-refractivity contribution in [2.45, 2.75) is 25.4 Å². The van der Waals surface area contributed by atoms with Gasteiger partial charge in [-0.3, -0.25) is 4.99 Å². The molecular weight excluding hydrogens is 262 g/mol. The van der Waals surface area contributed by atoms with Gasteiger partial charge in [0.1, 0.15) is 5.76 Å². The third-order valence-electron chi connectivity index (χ3n) is 4.26. The Bertz CT molecular complexity index is 647. The van der Waals surface area contributed by atoms with Crippen LogP contribution in [0.3, 0.4) is 0 Å². The molecule has 2 aliphatic rings. The van der Waals surface area contributed by atoms with Gasteiger partial charge in [-0.2, -0.15) is 0 Å². The van der Waals surface area contributed by atoms with Crippen LogP contribution in [-0.4, -0.2) is 23.9 Å². The molecule has 1 atom stereocenters. The van der Waals surface area contributed by atoms with Crippen LogP contribution in [0.1, 0.15) is 29.3 Å². The van der Waals surface area contributed by atoms with Crippen LogP contribution >= 0.6 is 0 Å². The number of benzene rings is 1. The molecule has 0 bridgehead atoms. The summed E-state index contributed by atoms with van der Waals surface area (Å²) in [5.41, 5.74) is 2.59. The van der Waals surface area contributed by atoms with Gasteiger partial charge in [0.05, 0.1) is 18.8 Å². The molecule has 1 N–H and O–H groups in total. The Hall–Kier alpha value is -2.23. The summed E-state index contributed by atoms with van der Waals surface area (Å²) in [6, 6.07) is 12.9. The van der Waals surface area contributed by atoms with Gasteiger partial charge in [-0.25, -0.2) is 0 Å². The Morgan fingerprint density at radius 3 is 3.00 bits per heavy atom. The van der Waals surface area contributed by atoms with Crippen LogP contribution in [0, 0.1) is 0 Å². The molecule has 3 heterocycles. The van der Waals surface area contributed by atoms with Crippen molar-refractivity contribution in [2.75, 3.05) is 13.1 Å². The van der Waals surface area contributed by atoms with E-state index in [-0.39, 0.29) is 0 Å². The maximum absolute atomic E-state index is 5.55. The molecule has 2 aromatic rings. The van der Waals surface area contributed by atoms with Crippen LogP contribution in [0.4, 0.5) is 0 Å². The molecule has 2 aliphatic heterocycles. The summed E-state index contributed by atoms with van der Waals surface area (Å²) in [6.07, 6.45) is 3.93. The molecule has 4 rings (SSSR count). The number of rotatable bonds is 1. The van der Waals surface area contributed by atoms with Crippen LogP contribution in [0.15, 0.2) is 52.1 Å². The van der Waals surface area contributed by atoms with E-state index in [1.807, 2.05) is 0 Å². The Balaban J connectivity index is 1.48. The van der Waals surface area contributed by atoms with Crippen molar-refractivity contribution in [1.29, 1.82) is 0 Å². The fourth-order valence-electron chi connectivity index (χ4n) is 3.11. The van der Waals surface area contributed by atoms with E-state index in [2.05, 4.69) is 46.6 Å². The van der Waals surface area contributed by atoms with Crippen molar-refractivity contribution in [3.63, 3.8) is 0 Å². The smallest absolute Gasteiger partial charge is 0.194 e. The quantitative estimate of drug-likeness (QED) is 0.874. The Kier molecular flexibility index (Phi) is 3.14. The number of hydrogen-bond donors (Lipinski definition) is 1. The first kappa shape index (κ1) is 12.5. The van der Waals surface area contributed by atoms with E-state index in [0.29, 0.717) is 6.04 Å². The van der Waals surface area contributed by atoms with Gasteiger partial charge >= 0.3 is 0 Å². The van der Waals surface area contributed by atoms with Gasteiger partial charge in [0.2, 0.25) is 0 Å². The Labute approximate surface area is 124 Å². The third kappa shape index (κ3) is 2.42. The summed E-state index contributed by atoms with van der Waals surface area (Å²) in [5.74, 6) is 2.16. The maximum atomic E-state index is 5.55. The molecule has 1 aromatic heterocycles. The van der Waals surface area contributed by atoms with Crippen LogP contribution in [-0.2, 0) is 13.0 Å². The lowest BCUT2D eigenvalue weighted by atomic mass is 10.1. The first-order chi connectivity index (χ1) is 10.4. The van der Waals surface area contributed by atoms with Gasteiger partial charge in [0.25, 0.3) is 0 Å². The molecule has 21 heavy (non-hydrogen) atoms. The zero-order valence-corrected chi connectivity index (χ0v) is 12.0. The van der Waals surface area contributed by atoms with E-state index in [0.717, 1.165) is 44.2 Å². The number of nitrogens with zero attached hydrogens (tertiary/aromatic N) is 2. The van der Waals surface area contributed by atoms with Crippen LogP contribution in [0.5, 0.6) is 0 Å². The molecule has 4 heteroatoms. The lowest BCUT2D eigenvalue weighted by Gasteiger charge is -2.23. The van der Waals surface area contributed by atoms with E-state index in [4.69, 9.17) is 9.41 Å². The van der Waals surface area contributed by atoms with Gasteiger partial charge < -0.3 is 14.6 Å². The summed E-state index contributed by atoms with van der Waals surface area (Å²) in [7, 11) is 0. The number of fused-ring (bicyclic) bond motifs is 1. The van der Waals surface area contributed by atoms with Gasteiger partial charge in [0.15, 0.2) is 5.96 Å². The lowest BCUT2D eigenvalue weighted by molar-refractivity contribution is 0.402. The fraction of sp³-hybridized carbons (Fsp3) is 0.353. The van der Waals surface area contributed by atoms with Crippen LogP contribution in [0.2, 0.25) is 0 Å². The monoisotopic (exact) mass is 281 g/mol. The zero-order chi connectivity index (χ0) is 14.1. The lowest BCUT2D eigenvalue weighted by Crippen LogP contribution is -2.39. The molecule has 0 saturated heterocycles. The molecule has 0 fully saturated rings. The molecule has 0 amide bonds. The number of aryl methyl sites for hydroxylation is 1. The number of furan rings is 1. The van der Waals surface area contributed by atoms with Crippen molar-refractivity contribution >= 4 is 5.96 Å². The topological polar surface area (TPSA) is 40.8 Å². The summed E-state index contributed by atoms with van der Waals surface area (Å²) in [5, 5.41) is 3.57. The molecule has 0 radical (unpaired) electrons. The highest BCUT2D eigenvalue weighted by molar-refractivity contribution is 5.82. The third-order valence-corrected chi connectivity index (χ3v) is 4.26. The first-order valence-electron chi connectivity index (χ1n) is 7.56. The number of guanidine groups is 1. The summed E-state index contributed by atoms with van der Waals surface area (Å²) >= 11 is 0. The second-order valence-corrected chi connectivity index (χ2v) is 5.67. The molecule has 108 valence electrons. The minimum absolute atomic E-state index is 0.299. The van der Waals surface area contributed by atoms with Gasteiger partial charge in [-0.15, -0.1) is 0 Å². The van der Waals surface area contributed by atoms with Gasteiger partial charge in [-0.05, 0) is 18.1 Å². The van der Waals surface area contributed by atoms with E-state index in [9.17, 15) is 0 Å². The predicted molar refractivity (Wildman–Crippen MR) is 82.1 cm³/mol. The number of hydrogen-bond acceptors (Lipinski definition) is 4. The van der Waals surface area contributed by atoms with Crippen LogP contribution < -0.4 is 5.32 Å². The van der Waals surface area contributed by atoms with Crippen LogP contribution in [0.25, 0.3) is 0 Å². The van der Waals surface area contributed by atoms with Crippen molar-refractivity contribution in [2.24, 2.45) is 4.99 Å². The molecule has 1 aromatic carbocycles. The minimum atomic E-state index is 0.299. The molecule has 0 aliphatic carbocycles. The van der Waals surface area contributed by atoms with Gasteiger partial charge in [0, 0.05) is 25.1 Å². The zero-order valence-electron chi connectivity index (χ0n) is 12.0. The second kappa shape index (κ2) is 5.28. The second-order valence-electron chi connectivity index (χ2n) is 5.67. The largest absolute Gasteiger partial charge is 0.469 e. The average Bonchev–Trinajstić information content (AvgIpc) is 3.14. The Morgan fingerprint density at radius 2 is 2.10 bits per heavy atom. The van der Waals surface area contributed by atoms with Crippen molar-refractivity contribution < 1.29 is 4.42 Å². The highest BCUT2D eigenvalue weighted by Crippen LogP contribution is 2.23. The molecule has 0 saturated carbocycles. The molecule has 0 spiro atoms. The van der Waals surface area contributed by atoms with E-state index >= 15 is 0 Å². The molecule has 1 unspecified atom stereocenters. The van der Waals surface area contributed by atoms with Crippen molar-refractivity contribution in [3.8, 4) is 0 Å². The SMILES string of the molecule is c1ccc(C2CN=C(N3CCCc4occc4C3)N2)cc1. The number of aliphatic imine (C=N–C) groups is 1. The standard InChI is InChI=1S/C17H19N3O/c1-2-5-13(6-3-1)15-11-18-17(19-15)20-9-4-7-16-14(12-20)8-10-21-16/h1-3,5-6,8,10,15H,4,7,9,11-12H2,(H,18,19). The number of nitrogens with one attached hydrogen (secondary N) is 1. The van der Waals surface area contributed by atoms with Crippen molar-refractivity contribution in [1.82, 2.24) is 10.2 Å². The molecular formula is C17H19N3O. The Morgan fingerprint density at radius 1 is 1.19 bits per heavy atom. The average molecular weight is 281 g/mol. The summed E-state index contributed by atoms with van der Waals surface area (Å²) in [4.78, 5) is 7.05. The highest BCUT2D eigenvalue weighted by Gasteiger charge is 2.25. The normalized spacial score (nSPS) is 21.4.